The van der Waals surface area contributed by atoms with Gasteiger partial charge < -0.3 is 9.73 Å². The topological polar surface area (TPSA) is 60.1 Å². The van der Waals surface area contributed by atoms with Crippen LogP contribution in [0.2, 0.25) is 0 Å². The molecule has 0 saturated heterocycles. The molecule has 2 aromatic rings. The lowest BCUT2D eigenvalue weighted by Crippen LogP contribution is -2.29. The lowest BCUT2D eigenvalue weighted by atomic mass is 10.1. The summed E-state index contributed by atoms with van der Waals surface area (Å²) in [5, 5.41) is 7.48. The second kappa shape index (κ2) is 6.22. The van der Waals surface area contributed by atoms with Gasteiger partial charge in [-0.25, -0.2) is 0 Å². The van der Waals surface area contributed by atoms with Crippen LogP contribution < -0.4 is 5.32 Å². The zero-order valence-corrected chi connectivity index (χ0v) is 15.1. The number of carbonyl (C=O) groups is 1. The van der Waals surface area contributed by atoms with Gasteiger partial charge in [-0.05, 0) is 58.7 Å². The van der Waals surface area contributed by atoms with Crippen molar-refractivity contribution in [3.05, 3.63) is 41.1 Å². The van der Waals surface area contributed by atoms with Crippen molar-refractivity contribution in [1.82, 2.24) is 15.1 Å². The maximum atomic E-state index is 12.5. The number of nitrogens with one attached hydrogen (secondary N) is 1. The first-order chi connectivity index (χ1) is 10.6. The molecule has 5 heteroatoms. The number of furan rings is 1. The molecule has 1 N–H and O–H groups in total. The van der Waals surface area contributed by atoms with Gasteiger partial charge in [-0.15, -0.1) is 0 Å². The average molecular weight is 317 g/mol. The Kier molecular flexibility index (Phi) is 4.68. The number of rotatable bonds is 4. The van der Waals surface area contributed by atoms with Crippen LogP contribution in [0.25, 0.3) is 0 Å². The van der Waals surface area contributed by atoms with E-state index >= 15 is 0 Å². The Bertz CT molecular complexity index is 689. The van der Waals surface area contributed by atoms with Crippen molar-refractivity contribution in [2.45, 2.75) is 66.0 Å². The van der Waals surface area contributed by atoms with Gasteiger partial charge in [0.15, 0.2) is 0 Å². The zero-order chi connectivity index (χ0) is 17.4. The van der Waals surface area contributed by atoms with Gasteiger partial charge >= 0.3 is 0 Å². The van der Waals surface area contributed by atoms with Gasteiger partial charge in [0.1, 0.15) is 17.2 Å². The van der Waals surface area contributed by atoms with Crippen LogP contribution >= 0.6 is 0 Å². The summed E-state index contributed by atoms with van der Waals surface area (Å²) in [6.45, 7) is 14.3. The number of nitrogens with zero attached hydrogens (tertiary/aromatic N) is 2. The van der Waals surface area contributed by atoms with Gasteiger partial charge in [0.25, 0.3) is 5.91 Å². The number of hydrogen-bond donors (Lipinski definition) is 1. The highest BCUT2D eigenvalue weighted by Crippen LogP contribution is 2.24. The predicted octanol–water partition coefficient (Wildman–Crippen LogP) is 4.15. The molecule has 2 rings (SSSR count). The Balaban J connectivity index is 2.23. The second-order valence-corrected chi connectivity index (χ2v) is 7.34. The summed E-state index contributed by atoms with van der Waals surface area (Å²) in [5.74, 6) is 1.69. The molecule has 0 radical (unpaired) electrons. The van der Waals surface area contributed by atoms with E-state index in [0.29, 0.717) is 11.6 Å². The van der Waals surface area contributed by atoms with Crippen LogP contribution in [0.15, 0.2) is 22.6 Å². The first-order valence-electron chi connectivity index (χ1n) is 8.07. The fourth-order valence-corrected chi connectivity index (χ4v) is 2.48. The second-order valence-electron chi connectivity index (χ2n) is 7.34. The van der Waals surface area contributed by atoms with Crippen LogP contribution in [-0.4, -0.2) is 15.7 Å². The van der Waals surface area contributed by atoms with E-state index in [1.54, 1.807) is 0 Å². The minimum Gasteiger partial charge on any atom is -0.464 e. The van der Waals surface area contributed by atoms with Gasteiger partial charge in [0.2, 0.25) is 0 Å². The molecule has 0 aliphatic carbocycles. The number of hydrogen-bond acceptors (Lipinski definition) is 3. The first kappa shape index (κ1) is 17.3. The summed E-state index contributed by atoms with van der Waals surface area (Å²) < 4.78 is 7.50. The molecule has 0 bridgehead atoms. The maximum Gasteiger partial charge on any atom is 0.272 e. The number of aromatic nitrogens is 2. The van der Waals surface area contributed by atoms with Crippen LogP contribution in [0.3, 0.4) is 0 Å². The molecule has 126 valence electrons. The van der Waals surface area contributed by atoms with Crippen molar-refractivity contribution >= 4 is 5.91 Å². The van der Waals surface area contributed by atoms with E-state index < -0.39 is 0 Å². The molecular formula is C18H27N3O2. The minimum atomic E-state index is -0.196. The molecule has 2 aromatic heterocycles. The van der Waals surface area contributed by atoms with E-state index in [4.69, 9.17) is 4.42 Å². The quantitative estimate of drug-likeness (QED) is 0.921. The third kappa shape index (κ3) is 3.84. The highest BCUT2D eigenvalue weighted by Gasteiger charge is 2.24. The molecule has 0 unspecified atom stereocenters. The first-order valence-corrected chi connectivity index (χ1v) is 8.07. The van der Waals surface area contributed by atoms with Crippen LogP contribution in [0, 0.1) is 6.92 Å². The molecule has 0 aromatic carbocycles. The number of amides is 1. The number of aryl methyl sites for hydroxylation is 1. The molecular weight excluding hydrogens is 290 g/mol. The molecule has 5 nitrogen and oxygen atoms in total. The molecule has 0 spiro atoms. The van der Waals surface area contributed by atoms with Gasteiger partial charge in [0.05, 0.1) is 11.6 Å². The average Bonchev–Trinajstić information content (AvgIpc) is 3.03. The van der Waals surface area contributed by atoms with Gasteiger partial charge in [-0.2, -0.15) is 5.10 Å². The van der Waals surface area contributed by atoms with Crippen molar-refractivity contribution < 1.29 is 9.21 Å². The van der Waals surface area contributed by atoms with Crippen molar-refractivity contribution in [3.8, 4) is 0 Å². The number of carbonyl (C=O) groups excluding carboxylic acids is 1. The molecule has 0 aliphatic heterocycles. The van der Waals surface area contributed by atoms with Crippen molar-refractivity contribution in [1.29, 1.82) is 0 Å². The van der Waals surface area contributed by atoms with Gasteiger partial charge in [0, 0.05) is 5.69 Å². The van der Waals surface area contributed by atoms with E-state index in [0.717, 1.165) is 17.2 Å². The Morgan fingerprint density at radius 3 is 2.35 bits per heavy atom. The molecule has 1 atom stereocenters. The van der Waals surface area contributed by atoms with E-state index in [1.165, 1.54) is 0 Å². The highest BCUT2D eigenvalue weighted by molar-refractivity contribution is 5.92. The molecule has 23 heavy (non-hydrogen) atoms. The normalized spacial score (nSPS) is 13.4. The van der Waals surface area contributed by atoms with Crippen LogP contribution in [0.4, 0.5) is 0 Å². The maximum absolute atomic E-state index is 12.5. The fraction of sp³-hybridized carbons (Fsp3) is 0.556. The lowest BCUT2D eigenvalue weighted by Gasteiger charge is -2.23. The van der Waals surface area contributed by atoms with Crippen LogP contribution in [-0.2, 0) is 5.54 Å². The third-order valence-electron chi connectivity index (χ3n) is 3.73. The molecule has 0 saturated carbocycles. The van der Waals surface area contributed by atoms with Crippen molar-refractivity contribution in [2.75, 3.05) is 0 Å². The lowest BCUT2D eigenvalue weighted by molar-refractivity contribution is 0.0928. The summed E-state index contributed by atoms with van der Waals surface area (Å²) in [6.07, 6.45) is 0. The third-order valence-corrected chi connectivity index (χ3v) is 3.73. The van der Waals surface area contributed by atoms with Crippen LogP contribution in [0.5, 0.6) is 0 Å². The van der Waals surface area contributed by atoms with Gasteiger partial charge in [-0.3, -0.25) is 9.48 Å². The van der Waals surface area contributed by atoms with Crippen LogP contribution in [0.1, 0.15) is 81.2 Å². The molecule has 1 amide bonds. The Morgan fingerprint density at radius 1 is 1.26 bits per heavy atom. The van der Waals surface area contributed by atoms with E-state index in [1.807, 2.05) is 36.7 Å². The van der Waals surface area contributed by atoms with Crippen molar-refractivity contribution in [2.24, 2.45) is 0 Å². The Labute approximate surface area is 138 Å². The zero-order valence-electron chi connectivity index (χ0n) is 15.1. The molecule has 0 aliphatic rings. The minimum absolute atomic E-state index is 0.165. The van der Waals surface area contributed by atoms with E-state index in [9.17, 15) is 4.79 Å². The fourth-order valence-electron chi connectivity index (χ4n) is 2.48. The predicted molar refractivity (Wildman–Crippen MR) is 90.6 cm³/mol. The summed E-state index contributed by atoms with van der Waals surface area (Å²) >= 11 is 0. The Hall–Kier alpha value is -2.04. The SMILES string of the molecule is Cc1ccc([C@@H](C)NC(=O)c2cc(C(C)C)n(C(C)(C)C)n2)o1. The highest BCUT2D eigenvalue weighted by atomic mass is 16.3. The van der Waals surface area contributed by atoms with E-state index in [2.05, 4.69) is 45.0 Å². The summed E-state index contributed by atoms with van der Waals surface area (Å²) in [4.78, 5) is 12.5. The monoisotopic (exact) mass is 317 g/mol. The molecule has 0 fully saturated rings. The summed E-state index contributed by atoms with van der Waals surface area (Å²) in [7, 11) is 0. The standard InChI is InChI=1S/C18H27N3O2/c1-11(2)15-10-14(20-21(15)18(5,6)7)17(22)19-13(4)16-9-8-12(3)23-16/h8-11,13H,1-7H3,(H,19,22)/t13-/m1/s1. The van der Waals surface area contributed by atoms with Gasteiger partial charge in [-0.1, -0.05) is 13.8 Å². The van der Waals surface area contributed by atoms with Crippen molar-refractivity contribution in [3.63, 3.8) is 0 Å². The Morgan fingerprint density at radius 2 is 1.91 bits per heavy atom. The smallest absolute Gasteiger partial charge is 0.272 e. The summed E-state index contributed by atoms with van der Waals surface area (Å²) in [6, 6.07) is 5.46. The summed E-state index contributed by atoms with van der Waals surface area (Å²) in [5.41, 5.74) is 1.34. The molecule has 2 heterocycles. The van der Waals surface area contributed by atoms with E-state index in [-0.39, 0.29) is 17.5 Å². The largest absolute Gasteiger partial charge is 0.464 e.